The van der Waals surface area contributed by atoms with Crippen molar-refractivity contribution in [2.45, 2.75) is 45.1 Å². The Labute approximate surface area is 151 Å². The molecule has 2 aliphatic heterocycles. The van der Waals surface area contributed by atoms with Gasteiger partial charge in [0, 0.05) is 56.9 Å². The Balaban J connectivity index is 1.24. The number of anilines is 1. The number of nitrogens with zero attached hydrogens (tertiary/aromatic N) is 3. The number of carbonyl (C=O) groups excluding carboxylic acids is 1. The summed E-state index contributed by atoms with van der Waals surface area (Å²) in [5.41, 5.74) is 2.69. The lowest BCUT2D eigenvalue weighted by atomic mass is 9.84. The van der Waals surface area contributed by atoms with E-state index >= 15 is 0 Å². The highest BCUT2D eigenvalue weighted by molar-refractivity contribution is 5.79. The van der Waals surface area contributed by atoms with E-state index in [1.165, 1.54) is 30.5 Å². The van der Waals surface area contributed by atoms with Crippen LogP contribution >= 0.6 is 0 Å². The van der Waals surface area contributed by atoms with E-state index in [0.717, 1.165) is 52.1 Å². The summed E-state index contributed by atoms with van der Waals surface area (Å²) in [6.45, 7) is 8.44. The molecule has 25 heavy (non-hydrogen) atoms. The average molecular weight is 341 g/mol. The summed E-state index contributed by atoms with van der Waals surface area (Å²) in [5, 5.41) is 0. The number of hydrogen-bond acceptors (Lipinski definition) is 3. The molecule has 4 nitrogen and oxygen atoms in total. The summed E-state index contributed by atoms with van der Waals surface area (Å²) in [5.74, 6) is 0.782. The molecule has 3 fully saturated rings. The second-order valence-corrected chi connectivity index (χ2v) is 8.04. The summed E-state index contributed by atoms with van der Waals surface area (Å²) >= 11 is 0. The van der Waals surface area contributed by atoms with Gasteiger partial charge in [-0.2, -0.15) is 0 Å². The van der Waals surface area contributed by atoms with Crippen molar-refractivity contribution in [1.82, 2.24) is 9.80 Å². The summed E-state index contributed by atoms with van der Waals surface area (Å²) < 4.78 is 0. The van der Waals surface area contributed by atoms with Crippen LogP contribution in [-0.4, -0.2) is 61.0 Å². The Hall–Kier alpha value is -1.55. The summed E-state index contributed by atoms with van der Waals surface area (Å²) in [6, 6.07) is 9.61. The number of amides is 1. The lowest BCUT2D eigenvalue weighted by Crippen LogP contribution is -2.55. The van der Waals surface area contributed by atoms with Crippen LogP contribution in [0.3, 0.4) is 0 Å². The minimum atomic E-state index is 0.351. The van der Waals surface area contributed by atoms with E-state index in [9.17, 15) is 4.79 Å². The highest BCUT2D eigenvalue weighted by Crippen LogP contribution is 2.29. The molecule has 0 N–H and O–H groups in total. The zero-order valence-electron chi connectivity index (χ0n) is 15.5. The molecule has 4 rings (SSSR count). The Kier molecular flexibility index (Phi) is 4.98. The second-order valence-electron chi connectivity index (χ2n) is 8.04. The molecule has 0 atom stereocenters. The first kappa shape index (κ1) is 16.9. The highest BCUT2D eigenvalue weighted by Gasteiger charge is 2.33. The van der Waals surface area contributed by atoms with Gasteiger partial charge in [-0.15, -0.1) is 0 Å². The van der Waals surface area contributed by atoms with Gasteiger partial charge in [-0.05, 0) is 44.7 Å². The fourth-order valence-electron chi connectivity index (χ4n) is 4.47. The molecule has 0 spiro atoms. The van der Waals surface area contributed by atoms with Gasteiger partial charge in [-0.25, -0.2) is 0 Å². The topological polar surface area (TPSA) is 26.8 Å². The molecule has 1 aromatic carbocycles. The van der Waals surface area contributed by atoms with Gasteiger partial charge >= 0.3 is 0 Å². The van der Waals surface area contributed by atoms with Crippen LogP contribution in [-0.2, 0) is 4.79 Å². The number of rotatable bonds is 3. The van der Waals surface area contributed by atoms with Crippen LogP contribution in [0.15, 0.2) is 24.3 Å². The van der Waals surface area contributed by atoms with Crippen molar-refractivity contribution in [2.75, 3.05) is 44.2 Å². The van der Waals surface area contributed by atoms with E-state index in [4.69, 9.17) is 0 Å². The molecule has 1 aliphatic carbocycles. The quantitative estimate of drug-likeness (QED) is 0.846. The van der Waals surface area contributed by atoms with Crippen LogP contribution in [0.5, 0.6) is 0 Å². The highest BCUT2D eigenvalue weighted by atomic mass is 16.2. The van der Waals surface area contributed by atoms with Crippen molar-refractivity contribution < 1.29 is 4.79 Å². The van der Waals surface area contributed by atoms with Crippen molar-refractivity contribution in [3.63, 3.8) is 0 Å². The molecule has 0 bridgehead atoms. The van der Waals surface area contributed by atoms with Gasteiger partial charge in [0.05, 0.1) is 0 Å². The van der Waals surface area contributed by atoms with Gasteiger partial charge in [0.1, 0.15) is 0 Å². The molecular formula is C21H31N3O. The van der Waals surface area contributed by atoms with E-state index in [-0.39, 0.29) is 0 Å². The van der Waals surface area contributed by atoms with Crippen LogP contribution in [0, 0.1) is 12.8 Å². The Morgan fingerprint density at radius 1 is 0.880 bits per heavy atom. The fourth-order valence-corrected chi connectivity index (χ4v) is 4.47. The van der Waals surface area contributed by atoms with E-state index in [0.29, 0.717) is 17.9 Å². The summed E-state index contributed by atoms with van der Waals surface area (Å²) in [4.78, 5) is 19.7. The Morgan fingerprint density at radius 2 is 1.52 bits per heavy atom. The maximum atomic E-state index is 12.4. The standard InChI is InChI=1S/C21H31N3O/c1-17-5-7-19(8-6-17)22-11-9-20(10-12-22)23-13-15-24(16-14-23)21(25)18-3-2-4-18/h5-8,18,20H,2-4,9-16H2,1H3. The molecule has 0 radical (unpaired) electrons. The van der Waals surface area contributed by atoms with E-state index in [2.05, 4.69) is 45.9 Å². The third kappa shape index (κ3) is 3.69. The van der Waals surface area contributed by atoms with Crippen LogP contribution in [0.2, 0.25) is 0 Å². The van der Waals surface area contributed by atoms with Gasteiger partial charge in [-0.3, -0.25) is 9.69 Å². The molecule has 1 saturated carbocycles. The minimum Gasteiger partial charge on any atom is -0.371 e. The fraction of sp³-hybridized carbons (Fsp3) is 0.667. The van der Waals surface area contributed by atoms with Gasteiger partial charge in [0.15, 0.2) is 0 Å². The van der Waals surface area contributed by atoms with Crippen LogP contribution in [0.4, 0.5) is 5.69 Å². The number of hydrogen-bond donors (Lipinski definition) is 0. The van der Waals surface area contributed by atoms with Crippen molar-refractivity contribution in [2.24, 2.45) is 5.92 Å². The first-order valence-electron chi connectivity index (χ1n) is 10.0. The summed E-state index contributed by atoms with van der Waals surface area (Å²) in [6.07, 6.45) is 5.97. The van der Waals surface area contributed by atoms with E-state index in [1.54, 1.807) is 0 Å². The molecule has 0 aromatic heterocycles. The van der Waals surface area contributed by atoms with Gasteiger partial charge in [0.2, 0.25) is 5.91 Å². The second kappa shape index (κ2) is 7.36. The van der Waals surface area contributed by atoms with Crippen molar-refractivity contribution in [3.05, 3.63) is 29.8 Å². The molecule has 1 aromatic rings. The van der Waals surface area contributed by atoms with Crippen LogP contribution in [0.25, 0.3) is 0 Å². The molecule has 2 heterocycles. The number of piperidine rings is 1. The van der Waals surface area contributed by atoms with Gasteiger partial charge in [0.25, 0.3) is 0 Å². The maximum Gasteiger partial charge on any atom is 0.225 e. The number of aryl methyl sites for hydroxylation is 1. The van der Waals surface area contributed by atoms with Crippen molar-refractivity contribution in [3.8, 4) is 0 Å². The predicted molar refractivity (Wildman–Crippen MR) is 102 cm³/mol. The number of piperazine rings is 1. The van der Waals surface area contributed by atoms with E-state index < -0.39 is 0 Å². The molecule has 4 heteroatoms. The maximum absolute atomic E-state index is 12.4. The molecular weight excluding hydrogens is 310 g/mol. The van der Waals surface area contributed by atoms with Gasteiger partial charge in [-0.1, -0.05) is 24.1 Å². The zero-order chi connectivity index (χ0) is 17.2. The smallest absolute Gasteiger partial charge is 0.225 e. The van der Waals surface area contributed by atoms with Crippen LogP contribution in [0.1, 0.15) is 37.7 Å². The molecule has 136 valence electrons. The number of benzene rings is 1. The first-order chi connectivity index (χ1) is 12.2. The van der Waals surface area contributed by atoms with Gasteiger partial charge < -0.3 is 9.80 Å². The predicted octanol–water partition coefficient (Wildman–Crippen LogP) is 2.91. The zero-order valence-corrected chi connectivity index (χ0v) is 15.5. The molecule has 3 aliphatic rings. The normalized spacial score (nSPS) is 23.6. The van der Waals surface area contributed by atoms with Crippen LogP contribution < -0.4 is 4.90 Å². The largest absolute Gasteiger partial charge is 0.371 e. The molecule has 0 unspecified atom stereocenters. The Morgan fingerprint density at radius 3 is 2.08 bits per heavy atom. The number of carbonyl (C=O) groups is 1. The molecule has 1 amide bonds. The lowest BCUT2D eigenvalue weighted by Gasteiger charge is -2.44. The minimum absolute atomic E-state index is 0.351. The third-order valence-corrected chi connectivity index (χ3v) is 6.46. The lowest BCUT2D eigenvalue weighted by molar-refractivity contribution is -0.140. The van der Waals surface area contributed by atoms with Crippen molar-refractivity contribution >= 4 is 11.6 Å². The Bertz CT molecular complexity index is 580. The first-order valence-corrected chi connectivity index (χ1v) is 10.0. The third-order valence-electron chi connectivity index (χ3n) is 6.46. The van der Waals surface area contributed by atoms with E-state index in [1.807, 2.05) is 0 Å². The average Bonchev–Trinajstić information content (AvgIpc) is 2.61. The van der Waals surface area contributed by atoms with Crippen molar-refractivity contribution in [1.29, 1.82) is 0 Å². The summed E-state index contributed by atoms with van der Waals surface area (Å²) in [7, 11) is 0. The SMILES string of the molecule is Cc1ccc(N2CCC(N3CCN(C(=O)C4CCC4)CC3)CC2)cc1. The monoisotopic (exact) mass is 341 g/mol. The molecule has 2 saturated heterocycles.